The van der Waals surface area contributed by atoms with E-state index >= 15 is 0 Å². The summed E-state index contributed by atoms with van der Waals surface area (Å²) >= 11 is 0. The van der Waals surface area contributed by atoms with E-state index in [0.717, 1.165) is 32.4 Å². The van der Waals surface area contributed by atoms with Crippen molar-refractivity contribution < 1.29 is 13.2 Å². The van der Waals surface area contributed by atoms with Crippen LogP contribution in [0.3, 0.4) is 0 Å². The topological polar surface area (TPSA) is 70.4 Å². The molecule has 5 nitrogen and oxygen atoms in total. The van der Waals surface area contributed by atoms with E-state index in [1.807, 2.05) is 17.0 Å². The molecule has 6 heteroatoms. The third-order valence-electron chi connectivity index (χ3n) is 5.09. The maximum Gasteiger partial charge on any atom is 0.218 e. The van der Waals surface area contributed by atoms with Crippen LogP contribution in [-0.4, -0.2) is 33.5 Å². The summed E-state index contributed by atoms with van der Waals surface area (Å²) in [5.74, 6) is 1.15. The van der Waals surface area contributed by atoms with Crippen molar-refractivity contribution in [2.45, 2.75) is 24.2 Å². The van der Waals surface area contributed by atoms with E-state index in [1.165, 1.54) is 31.0 Å². The van der Waals surface area contributed by atoms with Crippen LogP contribution in [0, 0.1) is 17.2 Å². The second-order valence-electron chi connectivity index (χ2n) is 6.95. The van der Waals surface area contributed by atoms with Gasteiger partial charge in [-0.2, -0.15) is 5.26 Å². The number of ether oxygens (including phenoxy) is 1. The van der Waals surface area contributed by atoms with Crippen LogP contribution in [0.1, 0.15) is 18.4 Å². The Morgan fingerprint density at radius 2 is 1.79 bits per heavy atom. The van der Waals surface area contributed by atoms with Gasteiger partial charge in [0, 0.05) is 19.3 Å². The van der Waals surface area contributed by atoms with Gasteiger partial charge in [0.1, 0.15) is 11.8 Å². The molecule has 2 aromatic carbocycles. The molecule has 0 saturated carbocycles. The van der Waals surface area contributed by atoms with Crippen molar-refractivity contribution in [2.75, 3.05) is 20.2 Å². The number of benzene rings is 2. The highest BCUT2D eigenvalue weighted by molar-refractivity contribution is 7.95. The van der Waals surface area contributed by atoms with E-state index in [2.05, 4.69) is 24.3 Å². The number of hydrogen-bond acceptors (Lipinski definition) is 5. The Balaban J connectivity index is 1.67. The predicted octanol–water partition coefficient (Wildman–Crippen LogP) is 3.79. The number of piperidine rings is 1. The Hall–Kier alpha value is -2.78. The minimum Gasteiger partial charge on any atom is -0.497 e. The fourth-order valence-corrected chi connectivity index (χ4v) is 4.60. The molecule has 0 aromatic heterocycles. The Morgan fingerprint density at radius 1 is 1.14 bits per heavy atom. The predicted molar refractivity (Wildman–Crippen MR) is 108 cm³/mol. The Kier molecular flexibility index (Phi) is 6.37. The molecule has 0 radical (unpaired) electrons. The van der Waals surface area contributed by atoms with Gasteiger partial charge in [-0.05, 0) is 55.0 Å². The third kappa shape index (κ3) is 4.73. The summed E-state index contributed by atoms with van der Waals surface area (Å²) in [6.45, 7) is 1.50. The maximum absolute atomic E-state index is 12.8. The average Bonchev–Trinajstić information content (AvgIpc) is 2.74. The van der Waals surface area contributed by atoms with Crippen molar-refractivity contribution in [2.24, 2.45) is 5.92 Å². The van der Waals surface area contributed by atoms with Crippen LogP contribution in [0.25, 0.3) is 0 Å². The number of allylic oxidation sites excluding steroid dienone is 1. The number of sulfone groups is 1. The summed E-state index contributed by atoms with van der Waals surface area (Å²) in [4.78, 5) is 1.82. The van der Waals surface area contributed by atoms with Gasteiger partial charge in [-0.1, -0.05) is 30.3 Å². The van der Waals surface area contributed by atoms with E-state index in [9.17, 15) is 13.7 Å². The molecule has 2 aromatic rings. The Bertz CT molecular complexity index is 953. The van der Waals surface area contributed by atoms with Gasteiger partial charge < -0.3 is 9.64 Å². The minimum absolute atomic E-state index is 0.0973. The van der Waals surface area contributed by atoms with E-state index in [0.29, 0.717) is 11.7 Å². The summed E-state index contributed by atoms with van der Waals surface area (Å²) in [5, 5.41) is 9.45. The highest BCUT2D eigenvalue weighted by Gasteiger charge is 2.24. The van der Waals surface area contributed by atoms with Crippen LogP contribution in [-0.2, 0) is 16.3 Å². The molecule has 1 aliphatic heterocycles. The van der Waals surface area contributed by atoms with Crippen LogP contribution < -0.4 is 4.74 Å². The van der Waals surface area contributed by atoms with Gasteiger partial charge >= 0.3 is 0 Å². The molecular formula is C22H24N2O3S. The lowest BCUT2D eigenvalue weighted by Gasteiger charge is -2.31. The number of methoxy groups -OCH3 is 1. The highest BCUT2D eigenvalue weighted by atomic mass is 32.2. The maximum atomic E-state index is 12.8. The van der Waals surface area contributed by atoms with Crippen molar-refractivity contribution in [1.82, 2.24) is 4.90 Å². The molecule has 0 atom stereocenters. The van der Waals surface area contributed by atoms with E-state index in [4.69, 9.17) is 4.74 Å². The first-order chi connectivity index (χ1) is 13.5. The van der Waals surface area contributed by atoms with Crippen molar-refractivity contribution in [1.29, 1.82) is 5.26 Å². The Morgan fingerprint density at radius 3 is 2.36 bits per heavy atom. The largest absolute Gasteiger partial charge is 0.497 e. The van der Waals surface area contributed by atoms with E-state index in [1.54, 1.807) is 12.1 Å². The van der Waals surface area contributed by atoms with Gasteiger partial charge in [0.2, 0.25) is 9.84 Å². The molecule has 1 heterocycles. The Labute approximate surface area is 166 Å². The standard InChI is InChI=1S/C22H24N2O3S/c1-27-20-7-9-21(10-8-20)28(25,26)22(16-23)17-24-13-11-19(12-14-24)15-18-5-3-2-4-6-18/h2-10,17,19H,11-15H2,1H3. The van der Waals surface area contributed by atoms with Gasteiger partial charge in [-0.15, -0.1) is 0 Å². The van der Waals surface area contributed by atoms with E-state index < -0.39 is 9.84 Å². The van der Waals surface area contributed by atoms with Crippen LogP contribution in [0.15, 0.2) is 70.6 Å². The highest BCUT2D eigenvalue weighted by Crippen LogP contribution is 2.25. The molecule has 28 heavy (non-hydrogen) atoms. The monoisotopic (exact) mass is 396 g/mol. The van der Waals surface area contributed by atoms with Crippen molar-refractivity contribution in [3.63, 3.8) is 0 Å². The fraction of sp³-hybridized carbons (Fsp3) is 0.318. The lowest BCUT2D eigenvalue weighted by Crippen LogP contribution is -2.31. The van der Waals surface area contributed by atoms with Gasteiger partial charge in [0.05, 0.1) is 12.0 Å². The summed E-state index contributed by atoms with van der Waals surface area (Å²) in [6.07, 6.45) is 4.49. The zero-order valence-electron chi connectivity index (χ0n) is 15.9. The molecule has 1 aliphatic rings. The number of hydrogen-bond donors (Lipinski definition) is 0. The molecule has 0 N–H and O–H groups in total. The minimum atomic E-state index is -3.83. The van der Waals surface area contributed by atoms with Crippen molar-refractivity contribution >= 4 is 9.84 Å². The lowest BCUT2D eigenvalue weighted by atomic mass is 9.90. The SMILES string of the molecule is COc1ccc(S(=O)(=O)C(C#N)=CN2CCC(Cc3ccccc3)CC2)cc1. The second kappa shape index (κ2) is 8.94. The molecule has 0 amide bonds. The van der Waals surface area contributed by atoms with E-state index in [-0.39, 0.29) is 9.80 Å². The molecule has 0 spiro atoms. The smallest absolute Gasteiger partial charge is 0.218 e. The summed E-state index contributed by atoms with van der Waals surface area (Å²) in [5.41, 5.74) is 1.33. The van der Waals surface area contributed by atoms with Crippen molar-refractivity contribution in [3.05, 3.63) is 71.3 Å². The van der Waals surface area contributed by atoms with Gasteiger partial charge in [-0.3, -0.25) is 0 Å². The first-order valence-electron chi connectivity index (χ1n) is 9.32. The molecule has 146 valence electrons. The molecule has 1 saturated heterocycles. The number of rotatable bonds is 6. The first kappa shape index (κ1) is 20.0. The zero-order chi connectivity index (χ0) is 20.0. The summed E-state index contributed by atoms with van der Waals surface area (Å²) in [7, 11) is -2.32. The second-order valence-corrected chi connectivity index (χ2v) is 8.87. The number of likely N-dealkylation sites (tertiary alicyclic amines) is 1. The van der Waals surface area contributed by atoms with Crippen LogP contribution in [0.2, 0.25) is 0 Å². The molecule has 0 unspecified atom stereocenters. The summed E-state index contributed by atoms with van der Waals surface area (Å²) < 4.78 is 30.6. The summed E-state index contributed by atoms with van der Waals surface area (Å²) in [6, 6.07) is 18.4. The number of nitrogens with zero attached hydrogens (tertiary/aromatic N) is 2. The first-order valence-corrected chi connectivity index (χ1v) is 10.8. The van der Waals surface area contributed by atoms with Crippen LogP contribution in [0.4, 0.5) is 0 Å². The molecule has 3 rings (SSSR count). The van der Waals surface area contributed by atoms with Gasteiger partial charge in [0.25, 0.3) is 0 Å². The van der Waals surface area contributed by atoms with Crippen molar-refractivity contribution in [3.8, 4) is 11.8 Å². The van der Waals surface area contributed by atoms with Crippen LogP contribution >= 0.6 is 0 Å². The molecular weight excluding hydrogens is 372 g/mol. The average molecular weight is 397 g/mol. The van der Waals surface area contributed by atoms with Crippen LogP contribution in [0.5, 0.6) is 5.75 Å². The van der Waals surface area contributed by atoms with Gasteiger partial charge in [-0.25, -0.2) is 8.42 Å². The molecule has 1 fully saturated rings. The third-order valence-corrected chi connectivity index (χ3v) is 6.75. The quantitative estimate of drug-likeness (QED) is 0.695. The fourth-order valence-electron chi connectivity index (χ4n) is 3.44. The number of nitriles is 1. The lowest BCUT2D eigenvalue weighted by molar-refractivity contribution is 0.242. The van der Waals surface area contributed by atoms with Gasteiger partial charge in [0.15, 0.2) is 4.91 Å². The zero-order valence-corrected chi connectivity index (χ0v) is 16.7. The molecule has 0 bridgehead atoms. The molecule has 0 aliphatic carbocycles. The normalized spacial score (nSPS) is 15.9.